The second kappa shape index (κ2) is 4.88. The predicted octanol–water partition coefficient (Wildman–Crippen LogP) is 1.56. The van der Waals surface area contributed by atoms with Crippen LogP contribution in [0.25, 0.3) is 0 Å². The van der Waals surface area contributed by atoms with Crippen molar-refractivity contribution in [2.45, 2.75) is 25.8 Å². The highest BCUT2D eigenvalue weighted by atomic mass is 16.2. The molecule has 1 aromatic rings. The monoisotopic (exact) mass is 229 g/mol. The van der Waals surface area contributed by atoms with Crippen LogP contribution in [-0.4, -0.2) is 18.5 Å². The first-order valence-electron chi connectivity index (χ1n) is 5.75. The highest BCUT2D eigenvalue weighted by Gasteiger charge is 2.21. The average Bonchev–Trinajstić information content (AvgIpc) is 2.32. The molecular weight excluding hydrogens is 214 g/mol. The van der Waals surface area contributed by atoms with Gasteiger partial charge in [-0.3, -0.25) is 4.79 Å². The molecule has 2 rings (SSSR count). The number of nitrogens with zero attached hydrogens (tertiary/aromatic N) is 1. The summed E-state index contributed by atoms with van der Waals surface area (Å²) in [5.41, 5.74) is 2.49. The number of hydrogen-bond donors (Lipinski definition) is 2. The SMILES string of the molecule is Cc1cc(NC2CCCNC2=O)ccc1C#N. The van der Waals surface area contributed by atoms with E-state index in [1.54, 1.807) is 6.07 Å². The van der Waals surface area contributed by atoms with Crippen molar-refractivity contribution < 1.29 is 4.79 Å². The van der Waals surface area contributed by atoms with Crippen molar-refractivity contribution >= 4 is 11.6 Å². The predicted molar refractivity (Wildman–Crippen MR) is 65.5 cm³/mol. The highest BCUT2D eigenvalue weighted by Crippen LogP contribution is 2.17. The fraction of sp³-hybridized carbons (Fsp3) is 0.385. The van der Waals surface area contributed by atoms with Gasteiger partial charge in [-0.15, -0.1) is 0 Å². The van der Waals surface area contributed by atoms with E-state index in [1.807, 2.05) is 19.1 Å². The molecule has 1 saturated heterocycles. The number of carbonyl (C=O) groups excluding carboxylic acids is 1. The molecule has 2 N–H and O–H groups in total. The lowest BCUT2D eigenvalue weighted by Gasteiger charge is -2.23. The molecule has 17 heavy (non-hydrogen) atoms. The summed E-state index contributed by atoms with van der Waals surface area (Å²) in [7, 11) is 0. The summed E-state index contributed by atoms with van der Waals surface area (Å²) in [6.45, 7) is 2.66. The molecule has 1 atom stereocenters. The average molecular weight is 229 g/mol. The smallest absolute Gasteiger partial charge is 0.242 e. The number of amides is 1. The topological polar surface area (TPSA) is 64.9 Å². The van der Waals surface area contributed by atoms with Gasteiger partial charge in [-0.05, 0) is 43.5 Å². The Balaban J connectivity index is 2.11. The van der Waals surface area contributed by atoms with Gasteiger partial charge in [-0.1, -0.05) is 0 Å². The fourth-order valence-electron chi connectivity index (χ4n) is 1.99. The summed E-state index contributed by atoms with van der Waals surface area (Å²) in [6.07, 6.45) is 1.85. The maximum atomic E-state index is 11.6. The van der Waals surface area contributed by atoms with Crippen molar-refractivity contribution in [2.75, 3.05) is 11.9 Å². The molecule has 0 aromatic heterocycles. The molecular formula is C13H15N3O. The van der Waals surface area contributed by atoms with Gasteiger partial charge >= 0.3 is 0 Å². The number of piperidine rings is 1. The van der Waals surface area contributed by atoms with Crippen LogP contribution in [0, 0.1) is 18.3 Å². The molecule has 4 nitrogen and oxygen atoms in total. The molecule has 0 saturated carbocycles. The zero-order chi connectivity index (χ0) is 12.3. The summed E-state index contributed by atoms with van der Waals surface area (Å²) >= 11 is 0. The summed E-state index contributed by atoms with van der Waals surface area (Å²) in [5.74, 6) is 0.0539. The van der Waals surface area contributed by atoms with Crippen LogP contribution in [0.15, 0.2) is 18.2 Å². The molecule has 1 unspecified atom stereocenters. The third-order valence-electron chi connectivity index (χ3n) is 2.97. The fourth-order valence-corrected chi connectivity index (χ4v) is 1.99. The number of benzene rings is 1. The van der Waals surface area contributed by atoms with Crippen LogP contribution in [0.3, 0.4) is 0 Å². The highest BCUT2D eigenvalue weighted by molar-refractivity contribution is 5.85. The van der Waals surface area contributed by atoms with Crippen molar-refractivity contribution in [3.05, 3.63) is 29.3 Å². The van der Waals surface area contributed by atoms with Gasteiger partial charge in [0.1, 0.15) is 6.04 Å². The van der Waals surface area contributed by atoms with Crippen LogP contribution < -0.4 is 10.6 Å². The summed E-state index contributed by atoms with van der Waals surface area (Å²) < 4.78 is 0. The normalized spacial score (nSPS) is 19.3. The van der Waals surface area contributed by atoms with E-state index in [0.29, 0.717) is 5.56 Å². The van der Waals surface area contributed by atoms with E-state index in [2.05, 4.69) is 16.7 Å². The van der Waals surface area contributed by atoms with Gasteiger partial charge in [0.2, 0.25) is 5.91 Å². The first-order valence-corrected chi connectivity index (χ1v) is 5.75. The van der Waals surface area contributed by atoms with E-state index in [-0.39, 0.29) is 11.9 Å². The lowest BCUT2D eigenvalue weighted by atomic mass is 10.0. The maximum Gasteiger partial charge on any atom is 0.242 e. The van der Waals surface area contributed by atoms with Crippen molar-refractivity contribution in [3.63, 3.8) is 0 Å². The molecule has 4 heteroatoms. The van der Waals surface area contributed by atoms with E-state index in [9.17, 15) is 4.79 Å². The van der Waals surface area contributed by atoms with E-state index in [4.69, 9.17) is 5.26 Å². The molecule has 1 aliphatic rings. The molecule has 0 bridgehead atoms. The molecule has 0 radical (unpaired) electrons. The molecule has 0 spiro atoms. The van der Waals surface area contributed by atoms with Crippen molar-refractivity contribution in [1.29, 1.82) is 5.26 Å². The number of nitriles is 1. The van der Waals surface area contributed by atoms with Gasteiger partial charge in [0, 0.05) is 12.2 Å². The second-order valence-corrected chi connectivity index (χ2v) is 4.27. The zero-order valence-electron chi connectivity index (χ0n) is 9.79. The Morgan fingerprint density at radius 1 is 1.53 bits per heavy atom. The quantitative estimate of drug-likeness (QED) is 0.808. The Morgan fingerprint density at radius 2 is 2.35 bits per heavy atom. The van der Waals surface area contributed by atoms with Crippen LogP contribution in [-0.2, 0) is 4.79 Å². The van der Waals surface area contributed by atoms with Crippen LogP contribution in [0.1, 0.15) is 24.0 Å². The standard InChI is InChI=1S/C13H15N3O/c1-9-7-11(5-4-10(9)8-14)16-12-3-2-6-15-13(12)17/h4-5,7,12,16H,2-3,6H2,1H3,(H,15,17). The molecule has 1 amide bonds. The maximum absolute atomic E-state index is 11.6. The molecule has 88 valence electrons. The molecule has 1 fully saturated rings. The van der Waals surface area contributed by atoms with Gasteiger partial charge in [0.15, 0.2) is 0 Å². The Hall–Kier alpha value is -2.02. The summed E-state index contributed by atoms with van der Waals surface area (Å²) in [5, 5.41) is 14.9. The van der Waals surface area contributed by atoms with Crippen LogP contribution in [0.4, 0.5) is 5.69 Å². The van der Waals surface area contributed by atoms with Gasteiger partial charge in [0.25, 0.3) is 0 Å². The van der Waals surface area contributed by atoms with Crippen LogP contribution in [0.2, 0.25) is 0 Å². The number of carbonyl (C=O) groups is 1. The Labute approximate surface area is 101 Å². The minimum absolute atomic E-state index is 0.0539. The van der Waals surface area contributed by atoms with E-state index in [1.165, 1.54) is 0 Å². The molecule has 1 heterocycles. The first-order chi connectivity index (χ1) is 8.20. The van der Waals surface area contributed by atoms with Crippen LogP contribution >= 0.6 is 0 Å². The third kappa shape index (κ3) is 2.56. The van der Waals surface area contributed by atoms with E-state index >= 15 is 0 Å². The first kappa shape index (κ1) is 11.5. The van der Waals surface area contributed by atoms with Gasteiger partial charge in [0.05, 0.1) is 11.6 Å². The van der Waals surface area contributed by atoms with Crippen molar-refractivity contribution in [1.82, 2.24) is 5.32 Å². The third-order valence-corrected chi connectivity index (χ3v) is 2.97. The molecule has 1 aliphatic heterocycles. The van der Waals surface area contributed by atoms with Crippen molar-refractivity contribution in [2.24, 2.45) is 0 Å². The summed E-state index contributed by atoms with van der Waals surface area (Å²) in [6, 6.07) is 7.49. The summed E-state index contributed by atoms with van der Waals surface area (Å²) in [4.78, 5) is 11.6. The number of hydrogen-bond acceptors (Lipinski definition) is 3. The van der Waals surface area contributed by atoms with E-state index < -0.39 is 0 Å². The van der Waals surface area contributed by atoms with Crippen molar-refractivity contribution in [3.8, 4) is 6.07 Å². The van der Waals surface area contributed by atoms with Crippen LogP contribution in [0.5, 0.6) is 0 Å². The van der Waals surface area contributed by atoms with E-state index in [0.717, 1.165) is 30.6 Å². The van der Waals surface area contributed by atoms with Gasteiger partial charge < -0.3 is 10.6 Å². The lowest BCUT2D eigenvalue weighted by Crippen LogP contribution is -2.44. The minimum Gasteiger partial charge on any atom is -0.374 e. The molecule has 1 aromatic carbocycles. The number of rotatable bonds is 2. The minimum atomic E-state index is -0.156. The Kier molecular flexibility index (Phi) is 3.29. The number of aryl methyl sites for hydroxylation is 1. The van der Waals surface area contributed by atoms with Gasteiger partial charge in [-0.2, -0.15) is 5.26 Å². The zero-order valence-corrected chi connectivity index (χ0v) is 9.79. The molecule has 0 aliphatic carbocycles. The largest absolute Gasteiger partial charge is 0.374 e. The Morgan fingerprint density at radius 3 is 3.00 bits per heavy atom. The number of anilines is 1. The second-order valence-electron chi connectivity index (χ2n) is 4.27. The van der Waals surface area contributed by atoms with Gasteiger partial charge in [-0.25, -0.2) is 0 Å². The Bertz CT molecular complexity index is 476. The lowest BCUT2D eigenvalue weighted by molar-refractivity contribution is -0.123. The number of nitrogens with one attached hydrogen (secondary N) is 2.